The first kappa shape index (κ1) is 22.8. The average Bonchev–Trinajstić information content (AvgIpc) is 3.13. The molecular formula is C23H32ClN7O. The van der Waals surface area contributed by atoms with Gasteiger partial charge in [-0.1, -0.05) is 18.0 Å². The molecule has 2 aromatic heterocycles. The molecule has 0 bridgehead atoms. The number of rotatable bonds is 8. The molecular weight excluding hydrogens is 426 g/mol. The number of anilines is 2. The van der Waals surface area contributed by atoms with E-state index in [9.17, 15) is 0 Å². The number of aromatic nitrogens is 4. The number of nitrogens with zero attached hydrogens (tertiary/aromatic N) is 5. The van der Waals surface area contributed by atoms with Crippen molar-refractivity contribution in [1.29, 1.82) is 0 Å². The summed E-state index contributed by atoms with van der Waals surface area (Å²) in [5, 5.41) is 11.8. The van der Waals surface area contributed by atoms with Crippen molar-refractivity contribution >= 4 is 23.2 Å². The van der Waals surface area contributed by atoms with Crippen LogP contribution in [0.1, 0.15) is 64.5 Å². The third kappa shape index (κ3) is 5.33. The summed E-state index contributed by atoms with van der Waals surface area (Å²) >= 11 is 6.30. The Morgan fingerprint density at radius 2 is 1.94 bits per heavy atom. The van der Waals surface area contributed by atoms with Crippen molar-refractivity contribution in [3.8, 4) is 5.88 Å². The third-order valence-electron chi connectivity index (χ3n) is 6.57. The van der Waals surface area contributed by atoms with Gasteiger partial charge in [-0.15, -0.1) is 0 Å². The van der Waals surface area contributed by atoms with E-state index < -0.39 is 5.66 Å². The second-order valence-electron chi connectivity index (χ2n) is 9.47. The standard InChI is InChI=1S/C23H32ClN7O/c1-15-20(13-31(30-15)23(2,3)25-4)28-22-26-12-19(24)21(29-22)32-14-16-8-10-18(11-9-16)27-17-6-5-7-17/h12-13,16-18,27H,5-11,14H2,1-3H3,(H,26,28,29). The average molecular weight is 458 g/mol. The first-order valence-electron chi connectivity index (χ1n) is 11.5. The Kier molecular flexibility index (Phi) is 6.87. The molecule has 0 radical (unpaired) electrons. The van der Waals surface area contributed by atoms with Crippen molar-refractivity contribution in [2.24, 2.45) is 5.92 Å². The quantitative estimate of drug-likeness (QED) is 0.538. The van der Waals surface area contributed by atoms with Gasteiger partial charge in [-0.25, -0.2) is 11.6 Å². The predicted octanol–water partition coefficient (Wildman–Crippen LogP) is 5.07. The van der Waals surface area contributed by atoms with Crippen LogP contribution in [-0.2, 0) is 5.66 Å². The summed E-state index contributed by atoms with van der Waals surface area (Å²) in [6, 6.07) is 1.41. The number of nitrogens with one attached hydrogen (secondary N) is 2. The Morgan fingerprint density at radius 1 is 1.22 bits per heavy atom. The molecule has 0 amide bonds. The molecule has 0 atom stereocenters. The molecule has 2 saturated carbocycles. The Bertz CT molecular complexity index is 971. The highest BCUT2D eigenvalue weighted by Crippen LogP contribution is 2.30. The van der Waals surface area contributed by atoms with Crippen LogP contribution < -0.4 is 15.4 Å². The zero-order chi connectivity index (χ0) is 22.7. The van der Waals surface area contributed by atoms with Gasteiger partial charge in [-0.2, -0.15) is 14.8 Å². The number of halogens is 1. The summed E-state index contributed by atoms with van der Waals surface area (Å²) in [5.74, 6) is 1.31. The summed E-state index contributed by atoms with van der Waals surface area (Å²) in [7, 11) is 0. The molecule has 2 aliphatic rings. The predicted molar refractivity (Wildman–Crippen MR) is 125 cm³/mol. The lowest BCUT2D eigenvalue weighted by Crippen LogP contribution is -2.44. The van der Waals surface area contributed by atoms with Crippen LogP contribution >= 0.6 is 11.6 Å². The molecule has 0 saturated heterocycles. The van der Waals surface area contributed by atoms with E-state index in [0.29, 0.717) is 35.4 Å². The summed E-state index contributed by atoms with van der Waals surface area (Å²) in [6.07, 6.45) is 12.1. The molecule has 9 heteroatoms. The highest BCUT2D eigenvalue weighted by atomic mass is 35.5. The van der Waals surface area contributed by atoms with E-state index in [1.54, 1.807) is 17.1 Å². The lowest BCUT2D eigenvalue weighted by molar-refractivity contribution is 0.174. The number of hydrogen-bond donors (Lipinski definition) is 2. The van der Waals surface area contributed by atoms with Crippen molar-refractivity contribution in [3.63, 3.8) is 0 Å². The molecule has 172 valence electrons. The molecule has 0 unspecified atom stereocenters. The largest absolute Gasteiger partial charge is 0.476 e. The molecule has 2 heterocycles. The van der Waals surface area contributed by atoms with Crippen LogP contribution in [0.3, 0.4) is 0 Å². The van der Waals surface area contributed by atoms with Gasteiger partial charge in [0.25, 0.3) is 0 Å². The van der Waals surface area contributed by atoms with E-state index in [1.165, 1.54) is 32.1 Å². The fraction of sp³-hybridized carbons (Fsp3) is 0.652. The van der Waals surface area contributed by atoms with Gasteiger partial charge in [0.05, 0.1) is 30.4 Å². The Labute approximate surface area is 194 Å². The smallest absolute Gasteiger partial charge is 0.319 e. The number of aryl methyl sites for hydroxylation is 1. The van der Waals surface area contributed by atoms with Crippen LogP contribution in [0.25, 0.3) is 4.85 Å². The molecule has 2 fully saturated rings. The Hall–Kier alpha value is -2.37. The first-order chi connectivity index (χ1) is 15.3. The number of hydrogen-bond acceptors (Lipinski definition) is 6. The van der Waals surface area contributed by atoms with Crippen LogP contribution in [0.15, 0.2) is 12.4 Å². The minimum Gasteiger partial charge on any atom is -0.476 e. The highest BCUT2D eigenvalue weighted by molar-refractivity contribution is 6.31. The normalized spacial score (nSPS) is 21.6. The summed E-state index contributed by atoms with van der Waals surface area (Å²) < 4.78 is 7.65. The fourth-order valence-corrected chi connectivity index (χ4v) is 4.29. The second-order valence-corrected chi connectivity index (χ2v) is 9.88. The monoisotopic (exact) mass is 457 g/mol. The van der Waals surface area contributed by atoms with Gasteiger partial charge in [0.2, 0.25) is 11.8 Å². The van der Waals surface area contributed by atoms with Gasteiger partial charge >= 0.3 is 5.66 Å². The number of ether oxygens (including phenoxy) is 1. The molecule has 0 spiro atoms. The van der Waals surface area contributed by atoms with E-state index in [1.807, 2.05) is 20.8 Å². The highest BCUT2D eigenvalue weighted by Gasteiger charge is 2.28. The van der Waals surface area contributed by atoms with Gasteiger partial charge in [0.15, 0.2) is 0 Å². The molecule has 2 aliphatic carbocycles. The van der Waals surface area contributed by atoms with Gasteiger partial charge < -0.3 is 15.4 Å². The summed E-state index contributed by atoms with van der Waals surface area (Å²) in [4.78, 5) is 12.4. The molecule has 0 aliphatic heterocycles. The van der Waals surface area contributed by atoms with Gasteiger partial charge in [-0.05, 0) is 51.4 Å². The van der Waals surface area contributed by atoms with Crippen molar-refractivity contribution < 1.29 is 4.74 Å². The van der Waals surface area contributed by atoms with Crippen molar-refractivity contribution in [1.82, 2.24) is 25.1 Å². The van der Waals surface area contributed by atoms with Crippen LogP contribution in [0.2, 0.25) is 5.02 Å². The van der Waals surface area contributed by atoms with Crippen molar-refractivity contribution in [2.75, 3.05) is 11.9 Å². The minimum atomic E-state index is -0.758. The maximum Gasteiger partial charge on any atom is 0.319 e. The van der Waals surface area contributed by atoms with E-state index in [2.05, 4.69) is 30.5 Å². The molecule has 8 nitrogen and oxygen atoms in total. The van der Waals surface area contributed by atoms with Crippen LogP contribution in [0, 0.1) is 19.4 Å². The van der Waals surface area contributed by atoms with Gasteiger partial charge in [0, 0.05) is 25.9 Å². The lowest BCUT2D eigenvalue weighted by Gasteiger charge is -2.35. The Balaban J connectivity index is 1.33. The second kappa shape index (κ2) is 9.63. The molecule has 2 aromatic rings. The molecule has 0 aromatic carbocycles. The molecule has 2 N–H and O–H groups in total. The van der Waals surface area contributed by atoms with Crippen LogP contribution in [-0.4, -0.2) is 38.4 Å². The first-order valence-corrected chi connectivity index (χ1v) is 11.9. The van der Waals surface area contributed by atoms with Gasteiger partial charge in [-0.3, -0.25) is 4.85 Å². The summed E-state index contributed by atoms with van der Waals surface area (Å²) in [6.45, 7) is 13.5. The van der Waals surface area contributed by atoms with Crippen molar-refractivity contribution in [3.05, 3.63) is 34.5 Å². The van der Waals surface area contributed by atoms with Crippen molar-refractivity contribution in [2.45, 2.75) is 83.5 Å². The van der Waals surface area contributed by atoms with Gasteiger partial charge in [0.1, 0.15) is 5.02 Å². The lowest BCUT2D eigenvalue weighted by atomic mass is 9.84. The topological polar surface area (TPSA) is 81.2 Å². The SMILES string of the molecule is [C-]#[N+]C(C)(C)n1cc(Nc2ncc(Cl)c(OCC3CCC(NC4CCC4)CC3)n2)c(C)n1. The van der Waals surface area contributed by atoms with E-state index in [4.69, 9.17) is 22.9 Å². The van der Waals surface area contributed by atoms with E-state index in [-0.39, 0.29) is 0 Å². The maximum atomic E-state index is 7.36. The fourth-order valence-electron chi connectivity index (χ4n) is 4.15. The van der Waals surface area contributed by atoms with Crippen LogP contribution in [0.5, 0.6) is 5.88 Å². The van der Waals surface area contributed by atoms with E-state index in [0.717, 1.165) is 30.3 Å². The zero-order valence-electron chi connectivity index (χ0n) is 19.1. The Morgan fingerprint density at radius 3 is 2.59 bits per heavy atom. The summed E-state index contributed by atoms with van der Waals surface area (Å²) in [5.41, 5.74) is 0.744. The maximum absolute atomic E-state index is 7.36. The third-order valence-corrected chi connectivity index (χ3v) is 6.83. The minimum absolute atomic E-state index is 0.390. The van der Waals surface area contributed by atoms with E-state index >= 15 is 0 Å². The molecule has 32 heavy (non-hydrogen) atoms. The van der Waals surface area contributed by atoms with Crippen LogP contribution in [0.4, 0.5) is 11.6 Å². The molecule has 4 rings (SSSR count). The zero-order valence-corrected chi connectivity index (χ0v) is 19.8.